The minimum atomic E-state index is -1.23. The summed E-state index contributed by atoms with van der Waals surface area (Å²) < 4.78 is 20.0. The van der Waals surface area contributed by atoms with Gasteiger partial charge in [-0.1, -0.05) is 53.7 Å². The number of fused-ring (bicyclic) bond motifs is 7. The molecule has 8 aliphatic rings. The first-order valence-electron chi connectivity index (χ1n) is 18.7. The van der Waals surface area contributed by atoms with Gasteiger partial charge in [0, 0.05) is 22.5 Å². The predicted octanol–water partition coefficient (Wildman–Crippen LogP) is 6.05. The summed E-state index contributed by atoms with van der Waals surface area (Å²) in [6, 6.07) is 0. The van der Waals surface area contributed by atoms with E-state index in [0.29, 0.717) is 35.8 Å². The van der Waals surface area contributed by atoms with Crippen molar-refractivity contribution in [1.82, 2.24) is 0 Å². The average Bonchev–Trinajstić information content (AvgIpc) is 3.11. The van der Waals surface area contributed by atoms with Crippen LogP contribution < -0.4 is 0 Å². The lowest BCUT2D eigenvalue weighted by Gasteiger charge is -2.86. The van der Waals surface area contributed by atoms with Crippen LogP contribution in [-0.2, 0) is 23.8 Å². The molecule has 8 heteroatoms. The maximum atomic E-state index is 13.6. The topological polar surface area (TPSA) is 123 Å². The van der Waals surface area contributed by atoms with Crippen molar-refractivity contribution in [3.8, 4) is 0 Å². The molecule has 0 aromatic heterocycles. The summed E-state index contributed by atoms with van der Waals surface area (Å²) >= 11 is 0. The lowest BCUT2D eigenvalue weighted by molar-refractivity contribution is -0.527. The van der Waals surface area contributed by atoms with Crippen molar-refractivity contribution in [3.05, 3.63) is 23.3 Å². The number of aliphatic hydroxyl groups excluding tert-OH is 3. The molecule has 8 nitrogen and oxygen atoms in total. The molecule has 7 aliphatic carbocycles. The number of carbonyl (C=O) groups is 2. The molecule has 8 rings (SSSR count). The molecule has 3 spiro atoms. The summed E-state index contributed by atoms with van der Waals surface area (Å²) in [4.78, 5) is 27.1. The van der Waals surface area contributed by atoms with Crippen LogP contribution in [0.1, 0.15) is 121 Å². The summed E-state index contributed by atoms with van der Waals surface area (Å²) in [5, 5.41) is 36.1. The maximum Gasteiger partial charge on any atom is 0.333 e. The predicted molar refractivity (Wildman–Crippen MR) is 180 cm³/mol. The minimum absolute atomic E-state index is 0.0614. The van der Waals surface area contributed by atoms with Gasteiger partial charge < -0.3 is 29.5 Å². The number of ether oxygens (including phenoxy) is 3. The van der Waals surface area contributed by atoms with E-state index in [1.165, 1.54) is 0 Å². The number of rotatable bonds is 4. The standard InChI is InChI=1S/C40H60O8/c1-11-21(3)30(43)46-28-29(47-31(44)22(4)12-2)40-27(42)19-25-37(10)16-13-23-35(7,8)26(41)15-17-36(23,9)24(37)14-18-38(25)32(40)39(48-38,33(40)45)20-34(28,5)6/h11-12,23-29,32-33,41-42,45H,13-20H2,1-10H3/b21-11-,22-12-/t23?,24?,25?,26?,27-,28?,29+,32?,33+,36?,37?,38?,39?,40?/m1/s1. The third kappa shape index (κ3) is 3.87. The zero-order chi connectivity index (χ0) is 35.2. The third-order valence-corrected chi connectivity index (χ3v) is 16.4. The van der Waals surface area contributed by atoms with Gasteiger partial charge in [0.25, 0.3) is 0 Å². The van der Waals surface area contributed by atoms with E-state index in [-0.39, 0.29) is 34.2 Å². The van der Waals surface area contributed by atoms with E-state index < -0.39 is 58.4 Å². The number of hydrogen-bond acceptors (Lipinski definition) is 8. The Hall–Kier alpha value is -1.74. The minimum Gasteiger partial charge on any atom is -0.454 e. The largest absolute Gasteiger partial charge is 0.454 e. The first-order valence-corrected chi connectivity index (χ1v) is 18.7. The van der Waals surface area contributed by atoms with Crippen molar-refractivity contribution in [2.45, 2.75) is 162 Å². The van der Waals surface area contributed by atoms with E-state index in [1.54, 1.807) is 39.8 Å². The van der Waals surface area contributed by atoms with Crippen LogP contribution in [0, 0.1) is 50.7 Å². The van der Waals surface area contributed by atoms with E-state index in [0.717, 1.165) is 38.5 Å². The summed E-state index contributed by atoms with van der Waals surface area (Å²) in [6.45, 7) is 20.4. The highest BCUT2D eigenvalue weighted by atomic mass is 16.6. The molecule has 7 saturated carbocycles. The molecule has 8 fully saturated rings. The van der Waals surface area contributed by atoms with Crippen LogP contribution in [0.2, 0.25) is 0 Å². The highest BCUT2D eigenvalue weighted by Gasteiger charge is 2.95. The van der Waals surface area contributed by atoms with Crippen molar-refractivity contribution in [2.24, 2.45) is 50.7 Å². The van der Waals surface area contributed by atoms with Crippen LogP contribution in [0.4, 0.5) is 0 Å². The quantitative estimate of drug-likeness (QED) is 0.245. The summed E-state index contributed by atoms with van der Waals surface area (Å²) in [5.41, 5.74) is -2.79. The van der Waals surface area contributed by atoms with Crippen molar-refractivity contribution in [1.29, 1.82) is 0 Å². The second-order valence-corrected chi connectivity index (χ2v) is 19.0. The Morgan fingerprint density at radius 3 is 1.85 bits per heavy atom. The number of esters is 2. The van der Waals surface area contributed by atoms with Gasteiger partial charge in [-0.2, -0.15) is 0 Å². The van der Waals surface area contributed by atoms with Crippen molar-refractivity contribution >= 4 is 11.9 Å². The van der Waals surface area contributed by atoms with Gasteiger partial charge in [0.05, 0.1) is 29.3 Å². The number of allylic oxidation sites excluding steroid dienone is 2. The van der Waals surface area contributed by atoms with Gasteiger partial charge in [0.15, 0.2) is 6.10 Å². The highest BCUT2D eigenvalue weighted by Crippen LogP contribution is 2.85. The maximum absolute atomic E-state index is 13.6. The van der Waals surface area contributed by atoms with Crippen molar-refractivity contribution in [2.75, 3.05) is 0 Å². The highest BCUT2D eigenvalue weighted by molar-refractivity contribution is 5.89. The summed E-state index contributed by atoms with van der Waals surface area (Å²) in [6.07, 6.45) is 5.54. The normalized spacial score (nSPS) is 52.9. The van der Waals surface area contributed by atoms with Gasteiger partial charge >= 0.3 is 11.9 Å². The van der Waals surface area contributed by atoms with Crippen LogP contribution in [0.15, 0.2) is 23.3 Å². The summed E-state index contributed by atoms with van der Waals surface area (Å²) in [5.74, 6) is -0.380. The Morgan fingerprint density at radius 2 is 1.25 bits per heavy atom. The number of carbonyl (C=O) groups excluding carboxylic acids is 2. The van der Waals surface area contributed by atoms with Gasteiger partial charge in [-0.15, -0.1) is 0 Å². The van der Waals surface area contributed by atoms with E-state index in [9.17, 15) is 24.9 Å². The molecule has 48 heavy (non-hydrogen) atoms. The first kappa shape index (κ1) is 34.7. The fourth-order valence-electron chi connectivity index (χ4n) is 14.1. The molecule has 1 heterocycles. The molecule has 1 aliphatic heterocycles. The zero-order valence-corrected chi connectivity index (χ0v) is 30.9. The molecule has 0 aromatic rings. The fourth-order valence-corrected chi connectivity index (χ4v) is 14.1. The van der Waals surface area contributed by atoms with E-state index in [4.69, 9.17) is 14.2 Å². The second-order valence-electron chi connectivity index (χ2n) is 19.0. The molecule has 2 bridgehead atoms. The SMILES string of the molecule is C/C=C(/C)C(=O)OC1[C@H](OC(=O)/C(C)=C\C)C23C4C5(CCC6C7(C)CCC(O)C(C)(C)C7CCC6(C)C5C[C@H]2O)OC4(CC1(C)C)[C@@H]3O. The fraction of sp³-hybridized carbons (Fsp3) is 0.850. The Bertz CT molecular complexity index is 1460. The van der Waals surface area contributed by atoms with Gasteiger partial charge in [-0.3, -0.25) is 0 Å². The molecular formula is C40H60O8. The number of hydrogen-bond donors (Lipinski definition) is 3. The van der Waals surface area contributed by atoms with Crippen molar-refractivity contribution in [3.63, 3.8) is 0 Å². The van der Waals surface area contributed by atoms with Gasteiger partial charge in [0.1, 0.15) is 11.7 Å². The molecule has 0 radical (unpaired) electrons. The molecular weight excluding hydrogens is 608 g/mol. The van der Waals surface area contributed by atoms with Gasteiger partial charge in [-0.25, -0.2) is 9.59 Å². The monoisotopic (exact) mass is 668 g/mol. The lowest BCUT2D eigenvalue weighted by atomic mass is 9.27. The molecule has 1 saturated heterocycles. The Labute approximate surface area is 287 Å². The Morgan fingerprint density at radius 1 is 0.708 bits per heavy atom. The van der Waals surface area contributed by atoms with E-state index in [2.05, 4.69) is 27.7 Å². The van der Waals surface area contributed by atoms with Crippen LogP contribution in [-0.4, -0.2) is 69.0 Å². The first-order chi connectivity index (χ1) is 22.3. The van der Waals surface area contributed by atoms with E-state index in [1.807, 2.05) is 13.8 Å². The Balaban J connectivity index is 1.33. The number of aliphatic hydroxyl groups is 3. The van der Waals surface area contributed by atoms with Crippen LogP contribution in [0.25, 0.3) is 0 Å². The molecule has 0 aromatic carbocycles. The molecule has 14 atom stereocenters. The smallest absolute Gasteiger partial charge is 0.333 e. The van der Waals surface area contributed by atoms with Crippen LogP contribution >= 0.6 is 0 Å². The van der Waals surface area contributed by atoms with Gasteiger partial charge in [0.2, 0.25) is 0 Å². The van der Waals surface area contributed by atoms with E-state index >= 15 is 0 Å². The third-order valence-electron chi connectivity index (χ3n) is 16.4. The zero-order valence-electron chi connectivity index (χ0n) is 30.9. The van der Waals surface area contributed by atoms with Crippen LogP contribution in [0.5, 0.6) is 0 Å². The van der Waals surface area contributed by atoms with Crippen molar-refractivity contribution < 1.29 is 39.1 Å². The Kier molecular flexibility index (Phi) is 7.53. The average molecular weight is 669 g/mol. The molecule has 0 amide bonds. The molecule has 3 N–H and O–H groups in total. The van der Waals surface area contributed by atoms with Gasteiger partial charge in [-0.05, 0) is 113 Å². The molecule has 11 unspecified atom stereocenters. The lowest BCUT2D eigenvalue weighted by Crippen LogP contribution is -2.97. The summed E-state index contributed by atoms with van der Waals surface area (Å²) in [7, 11) is 0. The second kappa shape index (κ2) is 10.4. The van der Waals surface area contributed by atoms with Crippen LogP contribution in [0.3, 0.4) is 0 Å². The molecule has 268 valence electrons.